The van der Waals surface area contributed by atoms with Gasteiger partial charge in [0.2, 0.25) is 0 Å². The highest BCUT2D eigenvalue weighted by molar-refractivity contribution is 5.27. The zero-order chi connectivity index (χ0) is 14.3. The van der Waals surface area contributed by atoms with Crippen LogP contribution in [0, 0.1) is 76.9 Å². The summed E-state index contributed by atoms with van der Waals surface area (Å²) in [6, 6.07) is 0. The highest BCUT2D eigenvalue weighted by Gasteiger charge is 2.80. The Bertz CT molecular complexity index is 537. The molecule has 0 aromatic carbocycles. The van der Waals surface area contributed by atoms with E-state index in [-0.39, 0.29) is 6.10 Å². The van der Waals surface area contributed by atoms with Crippen LogP contribution in [0.5, 0.6) is 0 Å². The molecule has 7 aliphatic rings. The first-order valence-electron chi connectivity index (χ1n) is 10.1. The molecule has 0 radical (unpaired) electrons. The lowest BCUT2D eigenvalue weighted by atomic mass is 9.75. The average Bonchev–Trinajstić information content (AvgIpc) is 3.26. The van der Waals surface area contributed by atoms with Crippen molar-refractivity contribution in [2.45, 2.75) is 38.2 Å². The first kappa shape index (κ1) is 12.3. The topological polar surface area (TPSA) is 40.5 Å². The van der Waals surface area contributed by atoms with Gasteiger partial charge in [0.15, 0.2) is 0 Å². The predicted molar refractivity (Wildman–Crippen MR) is 81.5 cm³/mol. The smallest absolute Gasteiger partial charge is 0.0605 e. The number of hydrogen-bond acceptors (Lipinski definition) is 2. The van der Waals surface area contributed by atoms with Gasteiger partial charge in [0.1, 0.15) is 0 Å². The number of rotatable bonds is 1. The largest absolute Gasteiger partial charge is 0.396 e. The van der Waals surface area contributed by atoms with Crippen LogP contribution in [-0.4, -0.2) is 22.9 Å². The van der Waals surface area contributed by atoms with Gasteiger partial charge < -0.3 is 10.2 Å². The second kappa shape index (κ2) is 3.61. The SMILES string of the molecule is OC[C@H]1[C@@H]2[C@@H]3CC[C@H]4[C@@H](O)[C@H]5[C@H]6[C@@H]7CCC[C@H]7[C@H]1[C@@H]6[C@@H]2[C@H]5[C@H]43. The Morgan fingerprint density at radius 1 is 0.591 bits per heavy atom. The second-order valence-corrected chi connectivity index (χ2v) is 10.1. The fourth-order valence-electron chi connectivity index (χ4n) is 10.9. The van der Waals surface area contributed by atoms with Gasteiger partial charge in [-0.25, -0.2) is 0 Å². The van der Waals surface area contributed by atoms with E-state index in [9.17, 15) is 10.2 Å². The molecule has 22 heavy (non-hydrogen) atoms. The third kappa shape index (κ3) is 0.989. The second-order valence-electron chi connectivity index (χ2n) is 10.1. The van der Waals surface area contributed by atoms with E-state index in [0.717, 1.165) is 59.2 Å². The zero-order valence-electron chi connectivity index (χ0n) is 13.2. The van der Waals surface area contributed by atoms with Crippen LogP contribution in [0.4, 0.5) is 0 Å². The lowest BCUT2D eigenvalue weighted by Gasteiger charge is -2.31. The van der Waals surface area contributed by atoms with E-state index in [1.54, 1.807) is 0 Å². The molecular weight excluding hydrogens is 272 g/mol. The van der Waals surface area contributed by atoms with Gasteiger partial charge in [-0.05, 0) is 103 Å². The zero-order valence-corrected chi connectivity index (χ0v) is 13.2. The summed E-state index contributed by atoms with van der Waals surface area (Å²) in [7, 11) is 0. The van der Waals surface area contributed by atoms with Crippen LogP contribution in [0.2, 0.25) is 0 Å². The van der Waals surface area contributed by atoms with E-state index >= 15 is 0 Å². The molecule has 2 nitrogen and oxygen atoms in total. The van der Waals surface area contributed by atoms with Gasteiger partial charge in [0, 0.05) is 6.61 Å². The summed E-state index contributed by atoms with van der Waals surface area (Å²) >= 11 is 0. The van der Waals surface area contributed by atoms with Crippen LogP contribution in [-0.2, 0) is 0 Å². The van der Waals surface area contributed by atoms with Gasteiger partial charge in [-0.2, -0.15) is 0 Å². The standard InChI is InChI=1S/C20H28O2/c21-6-11-12-7-2-1-3-8(7)15-16(12)17-14(11)9-4-5-10-13(9)18(17)19(15)20(10)22/h7-22H,1-6H2/t7-,8-,9-,10-,11-,12-,13+,14+,15+,16+,17-,18-,19+,20-/m1/s1. The van der Waals surface area contributed by atoms with Crippen LogP contribution >= 0.6 is 0 Å². The molecule has 120 valence electrons. The predicted octanol–water partition coefficient (Wildman–Crippen LogP) is 2.40. The molecule has 2 heteroatoms. The third-order valence-corrected chi connectivity index (χ3v) is 10.5. The molecule has 0 saturated heterocycles. The molecule has 7 aliphatic carbocycles. The molecule has 0 aromatic rings. The van der Waals surface area contributed by atoms with Crippen LogP contribution < -0.4 is 0 Å². The summed E-state index contributed by atoms with van der Waals surface area (Å²) in [6.45, 7) is 0.464. The quantitative estimate of drug-likeness (QED) is 0.780. The first-order chi connectivity index (χ1) is 10.8. The van der Waals surface area contributed by atoms with Crippen LogP contribution in [0.1, 0.15) is 32.1 Å². The Morgan fingerprint density at radius 2 is 1.23 bits per heavy atom. The summed E-state index contributed by atoms with van der Waals surface area (Å²) in [4.78, 5) is 0. The van der Waals surface area contributed by atoms with Crippen molar-refractivity contribution in [2.24, 2.45) is 76.9 Å². The monoisotopic (exact) mass is 300 g/mol. The van der Waals surface area contributed by atoms with Crippen molar-refractivity contribution in [3.63, 3.8) is 0 Å². The van der Waals surface area contributed by atoms with Crippen LogP contribution in [0.15, 0.2) is 0 Å². The van der Waals surface area contributed by atoms with E-state index in [1.165, 1.54) is 32.1 Å². The van der Waals surface area contributed by atoms with E-state index < -0.39 is 0 Å². The van der Waals surface area contributed by atoms with Crippen molar-refractivity contribution in [1.29, 1.82) is 0 Å². The van der Waals surface area contributed by atoms with E-state index in [2.05, 4.69) is 0 Å². The fourth-order valence-corrected chi connectivity index (χ4v) is 10.9. The molecule has 7 saturated carbocycles. The van der Waals surface area contributed by atoms with Crippen LogP contribution in [0.25, 0.3) is 0 Å². The number of aliphatic hydroxyl groups is 2. The van der Waals surface area contributed by atoms with Crippen molar-refractivity contribution in [2.75, 3.05) is 6.61 Å². The minimum atomic E-state index is 0.0455. The highest BCUT2D eigenvalue weighted by Crippen LogP contribution is 2.82. The maximum Gasteiger partial charge on any atom is 0.0605 e. The lowest BCUT2D eigenvalue weighted by Crippen LogP contribution is -2.30. The Kier molecular flexibility index (Phi) is 2.02. The highest BCUT2D eigenvalue weighted by atomic mass is 16.3. The Morgan fingerprint density at radius 3 is 2.05 bits per heavy atom. The molecule has 0 aromatic heterocycles. The minimum absolute atomic E-state index is 0.0455. The molecule has 0 aliphatic heterocycles. The normalized spacial score (nSPS) is 75.0. The number of aliphatic hydroxyl groups excluding tert-OH is 2. The maximum atomic E-state index is 11.1. The first-order valence-corrected chi connectivity index (χ1v) is 10.1. The molecule has 7 fully saturated rings. The number of hydrogen-bond donors (Lipinski definition) is 2. The summed E-state index contributed by atoms with van der Waals surface area (Å²) < 4.78 is 0. The summed E-state index contributed by atoms with van der Waals surface area (Å²) in [5.41, 5.74) is 0. The van der Waals surface area contributed by atoms with Crippen molar-refractivity contribution in [1.82, 2.24) is 0 Å². The molecule has 2 N–H and O–H groups in total. The fraction of sp³-hybridized carbons (Fsp3) is 1.00. The lowest BCUT2D eigenvalue weighted by molar-refractivity contribution is 0.0456. The molecule has 0 heterocycles. The molecule has 0 spiro atoms. The van der Waals surface area contributed by atoms with Crippen molar-refractivity contribution in [3.05, 3.63) is 0 Å². The molecule has 14 atom stereocenters. The van der Waals surface area contributed by atoms with E-state index in [1.807, 2.05) is 0 Å². The van der Waals surface area contributed by atoms with Gasteiger partial charge >= 0.3 is 0 Å². The molecule has 0 bridgehead atoms. The van der Waals surface area contributed by atoms with Gasteiger partial charge in [-0.1, -0.05) is 6.42 Å². The average molecular weight is 300 g/mol. The maximum absolute atomic E-state index is 11.1. The third-order valence-electron chi connectivity index (χ3n) is 10.5. The van der Waals surface area contributed by atoms with E-state index in [0.29, 0.717) is 24.4 Å². The molecular formula is C20H28O2. The minimum Gasteiger partial charge on any atom is -0.396 e. The van der Waals surface area contributed by atoms with Gasteiger partial charge in [-0.3, -0.25) is 0 Å². The van der Waals surface area contributed by atoms with Crippen LogP contribution in [0.3, 0.4) is 0 Å². The molecule has 0 unspecified atom stereocenters. The molecule has 7 rings (SSSR count). The Labute approximate surface area is 132 Å². The Hall–Kier alpha value is -0.0800. The van der Waals surface area contributed by atoms with Crippen molar-refractivity contribution in [3.8, 4) is 0 Å². The van der Waals surface area contributed by atoms with Gasteiger partial charge in [0.05, 0.1) is 6.10 Å². The summed E-state index contributed by atoms with van der Waals surface area (Å²) in [5.74, 6) is 10.8. The summed E-state index contributed by atoms with van der Waals surface area (Å²) in [6.07, 6.45) is 7.00. The summed E-state index contributed by atoms with van der Waals surface area (Å²) in [5, 5.41) is 21.4. The number of fused-ring (bicyclic) bond motifs is 5. The van der Waals surface area contributed by atoms with Crippen molar-refractivity contribution < 1.29 is 10.2 Å². The Balaban J connectivity index is 1.46. The van der Waals surface area contributed by atoms with Gasteiger partial charge in [-0.15, -0.1) is 0 Å². The van der Waals surface area contributed by atoms with Gasteiger partial charge in [0.25, 0.3) is 0 Å². The van der Waals surface area contributed by atoms with Crippen molar-refractivity contribution >= 4 is 0 Å². The molecule has 0 amide bonds. The van der Waals surface area contributed by atoms with E-state index in [4.69, 9.17) is 0 Å².